The van der Waals surface area contributed by atoms with E-state index in [1.807, 2.05) is 4.90 Å². The van der Waals surface area contributed by atoms with Crippen molar-refractivity contribution in [1.82, 2.24) is 10.2 Å². The lowest BCUT2D eigenvalue weighted by atomic mass is 10.1. The molecule has 0 aromatic rings. The van der Waals surface area contributed by atoms with E-state index in [2.05, 4.69) is 26.1 Å². The molecule has 1 aliphatic heterocycles. The average molecular weight is 196 g/mol. The molecule has 0 aromatic carbocycles. The third-order valence-electron chi connectivity index (χ3n) is 3.58. The summed E-state index contributed by atoms with van der Waals surface area (Å²) in [6.45, 7) is 7.38. The van der Waals surface area contributed by atoms with E-state index in [0.29, 0.717) is 11.8 Å². The fraction of sp³-hybridized carbons (Fsp3) is 0.909. The molecule has 0 aromatic heterocycles. The first-order valence-electron chi connectivity index (χ1n) is 5.68. The second-order valence-corrected chi connectivity index (χ2v) is 4.87. The topological polar surface area (TPSA) is 32.3 Å². The zero-order valence-electron chi connectivity index (χ0n) is 9.34. The Balaban J connectivity index is 2.01. The van der Waals surface area contributed by atoms with Gasteiger partial charge in [0.15, 0.2) is 0 Å². The van der Waals surface area contributed by atoms with Crippen LogP contribution in [0.3, 0.4) is 0 Å². The highest BCUT2D eigenvalue weighted by Gasteiger charge is 2.57. The number of amides is 1. The van der Waals surface area contributed by atoms with Gasteiger partial charge in [0.1, 0.15) is 0 Å². The van der Waals surface area contributed by atoms with Crippen molar-refractivity contribution >= 4 is 5.91 Å². The molecule has 0 radical (unpaired) electrons. The Morgan fingerprint density at radius 1 is 1.64 bits per heavy atom. The number of carbonyl (C=O) groups is 1. The van der Waals surface area contributed by atoms with Crippen LogP contribution in [0.25, 0.3) is 0 Å². The maximum atomic E-state index is 12.0. The van der Waals surface area contributed by atoms with Crippen LogP contribution in [0.4, 0.5) is 0 Å². The van der Waals surface area contributed by atoms with Crippen molar-refractivity contribution < 1.29 is 4.79 Å². The molecule has 2 fully saturated rings. The van der Waals surface area contributed by atoms with Gasteiger partial charge in [-0.15, -0.1) is 0 Å². The number of nitrogens with zero attached hydrogens (tertiary/aromatic N) is 1. The number of rotatable bonds is 3. The van der Waals surface area contributed by atoms with E-state index in [1.54, 1.807) is 0 Å². The molecule has 14 heavy (non-hydrogen) atoms. The highest BCUT2D eigenvalue weighted by atomic mass is 16.2. The van der Waals surface area contributed by atoms with Crippen LogP contribution in [0, 0.1) is 5.92 Å². The maximum absolute atomic E-state index is 12.0. The molecular formula is C11H20N2O. The first-order valence-corrected chi connectivity index (χ1v) is 5.68. The average Bonchev–Trinajstić information content (AvgIpc) is 2.89. The third-order valence-corrected chi connectivity index (χ3v) is 3.58. The highest BCUT2D eigenvalue weighted by Crippen LogP contribution is 2.42. The molecule has 3 nitrogen and oxygen atoms in total. The summed E-state index contributed by atoms with van der Waals surface area (Å²) in [6, 6.07) is 0. The molecule has 1 amide bonds. The smallest absolute Gasteiger partial charge is 0.244 e. The van der Waals surface area contributed by atoms with Crippen LogP contribution in [-0.4, -0.2) is 29.1 Å². The van der Waals surface area contributed by atoms with Crippen LogP contribution in [0.5, 0.6) is 0 Å². The highest BCUT2D eigenvalue weighted by molar-refractivity contribution is 5.91. The van der Waals surface area contributed by atoms with Gasteiger partial charge in [0.05, 0.1) is 11.7 Å². The number of carbonyl (C=O) groups excluding carboxylic acids is 1. The molecule has 2 rings (SSSR count). The van der Waals surface area contributed by atoms with E-state index in [9.17, 15) is 4.79 Å². The molecule has 1 heterocycles. The quantitative estimate of drug-likeness (QED) is 0.739. The van der Waals surface area contributed by atoms with Gasteiger partial charge in [-0.25, -0.2) is 0 Å². The molecule has 1 aliphatic carbocycles. The summed E-state index contributed by atoms with van der Waals surface area (Å²) in [6.07, 6.45) is 3.45. The fourth-order valence-corrected chi connectivity index (χ4v) is 2.18. The van der Waals surface area contributed by atoms with E-state index in [0.717, 1.165) is 25.8 Å². The van der Waals surface area contributed by atoms with Gasteiger partial charge in [-0.1, -0.05) is 20.3 Å². The predicted octanol–water partition coefficient (Wildman–Crippen LogP) is 1.34. The van der Waals surface area contributed by atoms with Gasteiger partial charge in [0, 0.05) is 6.54 Å². The number of hydrogen-bond acceptors (Lipinski definition) is 2. The molecule has 0 bridgehead atoms. The van der Waals surface area contributed by atoms with Crippen LogP contribution in [0.15, 0.2) is 0 Å². The van der Waals surface area contributed by atoms with Crippen LogP contribution in [-0.2, 0) is 4.79 Å². The van der Waals surface area contributed by atoms with Crippen molar-refractivity contribution in [2.75, 3.05) is 6.54 Å². The second kappa shape index (κ2) is 3.23. The molecule has 1 saturated heterocycles. The van der Waals surface area contributed by atoms with Gasteiger partial charge < -0.3 is 4.90 Å². The normalized spacial score (nSPS) is 31.2. The summed E-state index contributed by atoms with van der Waals surface area (Å²) in [5, 5.41) is 3.41. The number of hydrogen-bond donors (Lipinski definition) is 1. The van der Waals surface area contributed by atoms with Gasteiger partial charge in [-0.05, 0) is 25.7 Å². The first kappa shape index (κ1) is 9.97. The lowest BCUT2D eigenvalue weighted by molar-refractivity contribution is -0.131. The zero-order chi connectivity index (χ0) is 10.3. The van der Waals surface area contributed by atoms with Crippen LogP contribution in [0.2, 0.25) is 0 Å². The molecular weight excluding hydrogens is 176 g/mol. The largest absolute Gasteiger partial charge is 0.326 e. The SMILES string of the molecule is CCC(C)CN1C(=O)C2(CC2)NC1C. The Labute approximate surface area is 85.8 Å². The van der Waals surface area contributed by atoms with E-state index in [-0.39, 0.29) is 11.7 Å². The van der Waals surface area contributed by atoms with E-state index < -0.39 is 0 Å². The summed E-state index contributed by atoms with van der Waals surface area (Å²) in [5.41, 5.74) is -0.132. The Morgan fingerprint density at radius 3 is 2.71 bits per heavy atom. The van der Waals surface area contributed by atoms with Gasteiger partial charge >= 0.3 is 0 Å². The number of nitrogens with one attached hydrogen (secondary N) is 1. The van der Waals surface area contributed by atoms with Crippen LogP contribution >= 0.6 is 0 Å². The van der Waals surface area contributed by atoms with Crippen molar-refractivity contribution in [1.29, 1.82) is 0 Å². The minimum atomic E-state index is -0.132. The first-order chi connectivity index (χ1) is 6.59. The van der Waals surface area contributed by atoms with Crippen LogP contribution in [0.1, 0.15) is 40.0 Å². The van der Waals surface area contributed by atoms with Gasteiger partial charge in [0.25, 0.3) is 0 Å². The summed E-state index contributed by atoms with van der Waals surface area (Å²) in [7, 11) is 0. The Morgan fingerprint density at radius 2 is 2.29 bits per heavy atom. The molecule has 1 saturated carbocycles. The minimum Gasteiger partial charge on any atom is -0.326 e. The lowest BCUT2D eigenvalue weighted by Crippen LogP contribution is -2.37. The fourth-order valence-electron chi connectivity index (χ4n) is 2.18. The molecule has 2 unspecified atom stereocenters. The molecule has 3 heteroatoms. The summed E-state index contributed by atoms with van der Waals surface area (Å²) in [5.74, 6) is 0.947. The molecule has 2 aliphatic rings. The Kier molecular flexibility index (Phi) is 2.30. The monoisotopic (exact) mass is 196 g/mol. The van der Waals surface area contributed by atoms with E-state index >= 15 is 0 Å². The lowest BCUT2D eigenvalue weighted by Gasteiger charge is -2.23. The van der Waals surface area contributed by atoms with Gasteiger partial charge in [-0.2, -0.15) is 0 Å². The van der Waals surface area contributed by atoms with E-state index in [1.165, 1.54) is 0 Å². The van der Waals surface area contributed by atoms with Gasteiger partial charge in [0.2, 0.25) is 5.91 Å². The summed E-state index contributed by atoms with van der Waals surface area (Å²) in [4.78, 5) is 14.0. The Hall–Kier alpha value is -0.570. The standard InChI is InChI=1S/C11H20N2O/c1-4-8(2)7-13-9(3)12-11(5-6-11)10(13)14/h8-9,12H,4-7H2,1-3H3. The molecule has 2 atom stereocenters. The minimum absolute atomic E-state index is 0.132. The van der Waals surface area contributed by atoms with Crippen molar-refractivity contribution in [3.63, 3.8) is 0 Å². The zero-order valence-corrected chi connectivity index (χ0v) is 9.34. The summed E-state index contributed by atoms with van der Waals surface area (Å²) < 4.78 is 0. The van der Waals surface area contributed by atoms with Crippen molar-refractivity contribution in [3.05, 3.63) is 0 Å². The van der Waals surface area contributed by atoms with Crippen molar-refractivity contribution in [2.45, 2.75) is 51.7 Å². The molecule has 1 spiro atoms. The summed E-state index contributed by atoms with van der Waals surface area (Å²) >= 11 is 0. The van der Waals surface area contributed by atoms with Crippen LogP contribution < -0.4 is 5.32 Å². The van der Waals surface area contributed by atoms with E-state index in [4.69, 9.17) is 0 Å². The molecule has 1 N–H and O–H groups in total. The Bertz CT molecular complexity index is 248. The third kappa shape index (κ3) is 1.44. The van der Waals surface area contributed by atoms with Crippen molar-refractivity contribution in [2.24, 2.45) is 5.92 Å². The second-order valence-electron chi connectivity index (χ2n) is 4.87. The van der Waals surface area contributed by atoms with Crippen molar-refractivity contribution in [3.8, 4) is 0 Å². The van der Waals surface area contributed by atoms with Gasteiger partial charge in [-0.3, -0.25) is 10.1 Å². The predicted molar refractivity (Wildman–Crippen MR) is 55.7 cm³/mol. The maximum Gasteiger partial charge on any atom is 0.244 e. The molecule has 80 valence electrons.